The van der Waals surface area contributed by atoms with Gasteiger partial charge in [-0.15, -0.1) is 17.5 Å². The van der Waals surface area contributed by atoms with Gasteiger partial charge in [-0.1, -0.05) is 31.2 Å². The second-order valence-corrected chi connectivity index (χ2v) is 7.94. The molecular weight excluding hydrogens is 374 g/mol. The first-order valence-corrected chi connectivity index (χ1v) is 10.1. The highest BCUT2D eigenvalue weighted by atomic mass is 35.5. The molecule has 0 saturated carbocycles. The van der Waals surface area contributed by atoms with Gasteiger partial charge in [0.25, 0.3) is 5.91 Å². The molecule has 4 rings (SSSR count). The molecule has 28 heavy (non-hydrogen) atoms. The number of hydrogen-bond donors (Lipinski definition) is 0. The number of nitrogens with zero attached hydrogens (tertiary/aromatic N) is 5. The Labute approximate surface area is 173 Å². The molecule has 0 radical (unpaired) electrons. The highest BCUT2D eigenvalue weighted by Gasteiger charge is 2.27. The zero-order valence-electron chi connectivity index (χ0n) is 17.0. The maximum absolute atomic E-state index is 12.9. The van der Waals surface area contributed by atoms with Gasteiger partial charge in [0.2, 0.25) is 0 Å². The number of hydrogen-bond acceptors (Lipinski definition) is 4. The Balaban J connectivity index is 0.00000225. The van der Waals surface area contributed by atoms with Crippen LogP contribution in [-0.2, 0) is 13.0 Å². The van der Waals surface area contributed by atoms with Gasteiger partial charge in [0.05, 0.1) is 11.4 Å². The molecule has 1 aromatic carbocycles. The summed E-state index contributed by atoms with van der Waals surface area (Å²) >= 11 is 0. The van der Waals surface area contributed by atoms with Crippen LogP contribution in [0.1, 0.15) is 54.0 Å². The van der Waals surface area contributed by atoms with Crippen LogP contribution >= 0.6 is 12.4 Å². The van der Waals surface area contributed by atoms with Crippen molar-refractivity contribution in [3.63, 3.8) is 0 Å². The van der Waals surface area contributed by atoms with Crippen molar-refractivity contribution in [1.82, 2.24) is 24.8 Å². The molecule has 3 heterocycles. The fourth-order valence-corrected chi connectivity index (χ4v) is 4.23. The summed E-state index contributed by atoms with van der Waals surface area (Å²) in [5.74, 6) is 0.719. The molecule has 2 aliphatic rings. The minimum atomic E-state index is 0. The SMILES string of the molecule is CCN1CCc2c(cccc2-n2nnc(C(=O)N3CCC(C)CC3)c2C)C1.Cl. The van der Waals surface area contributed by atoms with Crippen molar-refractivity contribution in [3.8, 4) is 5.69 Å². The molecule has 2 aliphatic heterocycles. The lowest BCUT2D eigenvalue weighted by Gasteiger charge is -2.30. The van der Waals surface area contributed by atoms with Crippen LogP contribution in [0.3, 0.4) is 0 Å². The maximum atomic E-state index is 12.9. The number of amides is 1. The molecule has 0 unspecified atom stereocenters. The van der Waals surface area contributed by atoms with Crippen molar-refractivity contribution in [2.24, 2.45) is 5.92 Å². The number of aromatic nitrogens is 3. The molecule has 1 aromatic heterocycles. The topological polar surface area (TPSA) is 54.3 Å². The number of likely N-dealkylation sites (tertiary alicyclic amines) is 1. The van der Waals surface area contributed by atoms with E-state index in [0.717, 1.165) is 63.4 Å². The highest BCUT2D eigenvalue weighted by Crippen LogP contribution is 2.26. The van der Waals surface area contributed by atoms with Gasteiger partial charge < -0.3 is 4.90 Å². The minimum Gasteiger partial charge on any atom is -0.337 e. The quantitative estimate of drug-likeness (QED) is 0.789. The monoisotopic (exact) mass is 403 g/mol. The minimum absolute atomic E-state index is 0. The normalized spacial score (nSPS) is 17.9. The lowest BCUT2D eigenvalue weighted by atomic mass is 9.97. The van der Waals surface area contributed by atoms with E-state index in [-0.39, 0.29) is 18.3 Å². The Kier molecular flexibility index (Phi) is 6.40. The van der Waals surface area contributed by atoms with E-state index in [4.69, 9.17) is 0 Å². The van der Waals surface area contributed by atoms with Crippen molar-refractivity contribution in [3.05, 3.63) is 40.7 Å². The number of carbonyl (C=O) groups excluding carboxylic acids is 1. The van der Waals surface area contributed by atoms with Crippen LogP contribution in [0.25, 0.3) is 5.69 Å². The molecule has 0 atom stereocenters. The van der Waals surface area contributed by atoms with Crippen molar-refractivity contribution in [1.29, 1.82) is 0 Å². The van der Waals surface area contributed by atoms with Crippen molar-refractivity contribution in [2.45, 2.75) is 46.6 Å². The Hall–Kier alpha value is -1.92. The largest absolute Gasteiger partial charge is 0.337 e. The van der Waals surface area contributed by atoms with Gasteiger partial charge in [0.1, 0.15) is 0 Å². The van der Waals surface area contributed by atoms with Gasteiger partial charge in [-0.05, 0) is 55.8 Å². The Morgan fingerprint density at radius 2 is 1.96 bits per heavy atom. The number of benzene rings is 1. The van der Waals surface area contributed by atoms with Gasteiger partial charge in [0.15, 0.2) is 5.69 Å². The zero-order chi connectivity index (χ0) is 19.0. The molecule has 0 aliphatic carbocycles. The Morgan fingerprint density at radius 1 is 1.21 bits per heavy atom. The van der Waals surface area contributed by atoms with Crippen molar-refractivity contribution < 1.29 is 4.79 Å². The second kappa shape index (κ2) is 8.62. The van der Waals surface area contributed by atoms with Crippen LogP contribution in [0, 0.1) is 12.8 Å². The van der Waals surface area contributed by atoms with Crippen LogP contribution in [0.5, 0.6) is 0 Å². The average Bonchev–Trinajstić information content (AvgIpc) is 3.08. The third kappa shape index (κ3) is 3.80. The van der Waals surface area contributed by atoms with E-state index in [9.17, 15) is 4.79 Å². The summed E-state index contributed by atoms with van der Waals surface area (Å²) in [5.41, 5.74) is 5.09. The van der Waals surface area contributed by atoms with Crippen LogP contribution in [0.15, 0.2) is 18.2 Å². The first-order chi connectivity index (χ1) is 13.1. The van der Waals surface area contributed by atoms with E-state index in [1.165, 1.54) is 11.1 Å². The highest BCUT2D eigenvalue weighted by molar-refractivity contribution is 5.93. The first-order valence-electron chi connectivity index (χ1n) is 10.1. The van der Waals surface area contributed by atoms with E-state index in [1.54, 1.807) is 0 Å². The van der Waals surface area contributed by atoms with Gasteiger partial charge >= 0.3 is 0 Å². The van der Waals surface area contributed by atoms with Crippen molar-refractivity contribution >= 4 is 18.3 Å². The Morgan fingerprint density at radius 3 is 2.68 bits per heavy atom. The van der Waals surface area contributed by atoms with E-state index < -0.39 is 0 Å². The molecule has 0 bridgehead atoms. The lowest BCUT2D eigenvalue weighted by molar-refractivity contribution is 0.0690. The molecule has 1 fully saturated rings. The number of piperidine rings is 1. The number of carbonyl (C=O) groups is 1. The van der Waals surface area contributed by atoms with Gasteiger partial charge in [0, 0.05) is 26.2 Å². The molecule has 1 amide bonds. The summed E-state index contributed by atoms with van der Waals surface area (Å²) in [6, 6.07) is 6.38. The second-order valence-electron chi connectivity index (χ2n) is 7.94. The number of halogens is 1. The standard InChI is InChI=1S/C21H29N5O.ClH/c1-4-24-11-10-18-17(14-24)6-5-7-19(18)26-16(3)20(22-23-26)21(27)25-12-8-15(2)9-13-25;/h5-7,15H,4,8-14H2,1-3H3;1H. The molecule has 6 nitrogen and oxygen atoms in total. The molecule has 152 valence electrons. The van der Waals surface area contributed by atoms with Gasteiger partial charge in [-0.3, -0.25) is 9.69 Å². The molecular formula is C21H30ClN5O. The Bertz CT molecular complexity index is 841. The van der Waals surface area contributed by atoms with Crippen LogP contribution in [0.2, 0.25) is 0 Å². The molecule has 0 N–H and O–H groups in total. The van der Waals surface area contributed by atoms with Crippen LogP contribution in [0.4, 0.5) is 0 Å². The fourth-order valence-electron chi connectivity index (χ4n) is 4.23. The molecule has 2 aromatic rings. The third-order valence-corrected chi connectivity index (χ3v) is 6.16. The van der Waals surface area contributed by atoms with Crippen molar-refractivity contribution in [2.75, 3.05) is 26.2 Å². The van der Waals surface area contributed by atoms with E-state index in [1.807, 2.05) is 16.5 Å². The van der Waals surface area contributed by atoms with E-state index >= 15 is 0 Å². The summed E-state index contributed by atoms with van der Waals surface area (Å²) in [5, 5.41) is 8.65. The zero-order valence-corrected chi connectivity index (χ0v) is 17.8. The summed E-state index contributed by atoms with van der Waals surface area (Å²) in [4.78, 5) is 17.3. The predicted octanol–water partition coefficient (Wildman–Crippen LogP) is 3.25. The summed E-state index contributed by atoms with van der Waals surface area (Å²) in [7, 11) is 0. The van der Waals surface area contributed by atoms with E-state index in [0.29, 0.717) is 11.6 Å². The average molecular weight is 404 g/mol. The predicted molar refractivity (Wildman–Crippen MR) is 112 cm³/mol. The molecule has 7 heteroatoms. The first kappa shape index (κ1) is 20.8. The molecule has 0 spiro atoms. The summed E-state index contributed by atoms with van der Waals surface area (Å²) in [6.45, 7) is 11.2. The van der Waals surface area contributed by atoms with Gasteiger partial charge in [-0.2, -0.15) is 0 Å². The summed E-state index contributed by atoms with van der Waals surface area (Å²) < 4.78 is 1.86. The smallest absolute Gasteiger partial charge is 0.276 e. The number of rotatable bonds is 3. The lowest BCUT2D eigenvalue weighted by Crippen LogP contribution is -2.38. The van der Waals surface area contributed by atoms with Gasteiger partial charge in [-0.25, -0.2) is 4.68 Å². The number of fused-ring (bicyclic) bond motifs is 1. The summed E-state index contributed by atoms with van der Waals surface area (Å²) in [6.07, 6.45) is 3.14. The van der Waals surface area contributed by atoms with Crippen LogP contribution < -0.4 is 0 Å². The molecule has 1 saturated heterocycles. The number of likely N-dealkylation sites (N-methyl/N-ethyl adjacent to an activating group) is 1. The van der Waals surface area contributed by atoms with E-state index in [2.05, 4.69) is 47.3 Å². The fraction of sp³-hybridized carbons (Fsp3) is 0.571. The third-order valence-electron chi connectivity index (χ3n) is 6.16. The maximum Gasteiger partial charge on any atom is 0.276 e. The van der Waals surface area contributed by atoms with Crippen LogP contribution in [-0.4, -0.2) is 56.9 Å².